The number of ether oxygens (including phenoxy) is 13. The van der Waals surface area contributed by atoms with Gasteiger partial charge in [-0.2, -0.15) is 0 Å². The van der Waals surface area contributed by atoms with E-state index in [0.717, 1.165) is 139 Å². The van der Waals surface area contributed by atoms with Gasteiger partial charge >= 0.3 is 53.7 Å². The number of ketones is 4. The van der Waals surface area contributed by atoms with Gasteiger partial charge < -0.3 is 71.8 Å². The maximum atomic E-state index is 12.7. The summed E-state index contributed by atoms with van der Waals surface area (Å²) in [5.74, 6) is 0.465. The van der Waals surface area contributed by atoms with Gasteiger partial charge in [-0.3, -0.25) is 43.2 Å². The molecule has 5 heterocycles. The number of thiophene rings is 4. The van der Waals surface area contributed by atoms with Crippen LogP contribution in [0.15, 0.2) is 133 Å². The van der Waals surface area contributed by atoms with Crippen molar-refractivity contribution in [2.45, 2.75) is 204 Å². The van der Waals surface area contributed by atoms with Crippen LogP contribution in [0, 0.1) is 53.3 Å². The van der Waals surface area contributed by atoms with E-state index in [0.29, 0.717) is 139 Å². The highest BCUT2D eigenvalue weighted by Gasteiger charge is 2.41. The Labute approximate surface area is 865 Å². The highest BCUT2D eigenvalue weighted by atomic mass is 35.5. The number of carboxylic acid groups (broad SMARTS) is 1. The zero-order valence-corrected chi connectivity index (χ0v) is 88.3. The number of benzene rings is 4. The lowest BCUT2D eigenvalue weighted by Crippen LogP contribution is -2.24. The van der Waals surface area contributed by atoms with Gasteiger partial charge in [0.25, 0.3) is 0 Å². The van der Waals surface area contributed by atoms with Crippen LogP contribution in [0.5, 0.6) is 23.0 Å². The molecule has 4 fully saturated rings. The van der Waals surface area contributed by atoms with Crippen molar-refractivity contribution >= 4 is 169 Å². The molecule has 13 rings (SSSR count). The van der Waals surface area contributed by atoms with E-state index in [-0.39, 0.29) is 139 Å². The highest BCUT2D eigenvalue weighted by molar-refractivity contribution is 7.15. The Morgan fingerprint density at radius 3 is 1.06 bits per heavy atom. The van der Waals surface area contributed by atoms with Crippen LogP contribution in [-0.2, 0) is 138 Å². The van der Waals surface area contributed by atoms with Gasteiger partial charge in [-0.15, -0.1) is 45.3 Å². The van der Waals surface area contributed by atoms with Gasteiger partial charge in [0.05, 0.1) is 67.6 Å². The van der Waals surface area contributed by atoms with Crippen LogP contribution in [0.2, 0.25) is 20.1 Å². The van der Waals surface area contributed by atoms with E-state index < -0.39 is 5.97 Å². The molecule has 36 heteroatoms. The maximum Gasteiger partial charge on any atom is 0.348 e. The van der Waals surface area contributed by atoms with Gasteiger partial charge in [0, 0.05) is 154 Å². The number of rotatable bonds is 41. The van der Waals surface area contributed by atoms with Crippen molar-refractivity contribution in [1.82, 2.24) is 0 Å². The predicted octanol–water partition coefficient (Wildman–Crippen LogP) is 22.3. The fraction of sp³-hybridized carbons (Fsp3) is 0.481. The first-order valence-corrected chi connectivity index (χ1v) is 51.9. The average Bonchev–Trinajstić information content (AvgIpc) is 1.70. The highest BCUT2D eigenvalue weighted by Crippen LogP contribution is 2.41. The number of halogens is 4. The monoisotopic (exact) mass is 2120 g/mol. The van der Waals surface area contributed by atoms with Crippen LogP contribution in [0.3, 0.4) is 0 Å². The first kappa shape index (κ1) is 119. The van der Waals surface area contributed by atoms with Crippen LogP contribution >= 0.6 is 91.8 Å². The molecule has 142 heavy (non-hydrogen) atoms. The Balaban J connectivity index is 0.000000243. The topological polar surface area (TPSA) is 382 Å². The molecule has 0 amide bonds. The molecule has 0 spiro atoms. The number of aliphatic hydroxyl groups excluding tert-OH is 1. The van der Waals surface area contributed by atoms with Gasteiger partial charge in [0.1, 0.15) is 79.7 Å². The second kappa shape index (κ2) is 63.7. The zero-order valence-electron chi connectivity index (χ0n) is 82.0. The van der Waals surface area contributed by atoms with Crippen molar-refractivity contribution in [2.24, 2.45) is 53.3 Å². The van der Waals surface area contributed by atoms with Crippen LogP contribution in [0.25, 0.3) is 0 Å². The van der Waals surface area contributed by atoms with E-state index in [1.165, 1.54) is 114 Å². The van der Waals surface area contributed by atoms with Crippen molar-refractivity contribution in [2.75, 3.05) is 74.2 Å². The Hall–Kier alpha value is -10.4. The summed E-state index contributed by atoms with van der Waals surface area (Å²) in [5, 5.41) is 20.3. The van der Waals surface area contributed by atoms with Gasteiger partial charge in [-0.1, -0.05) is 59.4 Å². The minimum atomic E-state index is -0.898. The minimum Gasteiger partial charge on any atom is -0.493 e. The van der Waals surface area contributed by atoms with Gasteiger partial charge in [-0.05, 0) is 272 Å². The molecule has 8 aromatic rings. The van der Waals surface area contributed by atoms with Crippen molar-refractivity contribution in [1.29, 1.82) is 0 Å². The number of allylic oxidation sites excluding steroid dienone is 1. The number of carboxylic acids is 1. The lowest BCUT2D eigenvalue weighted by Gasteiger charge is -2.22. The first-order valence-electron chi connectivity index (χ1n) is 47.2. The number of carbonyl (C=O) groups is 13. The number of aromatic carboxylic acids is 1. The number of methoxy groups -OCH3 is 3. The molecule has 2 N–H and O–H groups in total. The number of aryl methyl sites for hydroxylation is 4. The molecule has 0 radical (unpaired) electrons. The third kappa shape index (κ3) is 43.3. The summed E-state index contributed by atoms with van der Waals surface area (Å²) in [5.41, 5.74) is 2.93. The summed E-state index contributed by atoms with van der Waals surface area (Å²) in [6.45, 7) is 17.4. The molecule has 28 nitrogen and oxygen atoms in total. The molecular formula is C106H128Cl4O28S4. The number of hydrogen-bond acceptors (Lipinski definition) is 31. The van der Waals surface area contributed by atoms with Crippen molar-refractivity contribution in [3.8, 4) is 23.0 Å². The Morgan fingerprint density at radius 2 is 0.739 bits per heavy atom. The van der Waals surface area contributed by atoms with Gasteiger partial charge in [-0.25, -0.2) is 19.2 Å². The van der Waals surface area contributed by atoms with Crippen LogP contribution in [0.1, 0.15) is 232 Å². The maximum absolute atomic E-state index is 12.7. The smallest absolute Gasteiger partial charge is 0.348 e. The Bertz CT molecular complexity index is 5390. The number of esters is 8. The summed E-state index contributed by atoms with van der Waals surface area (Å²) >= 11 is 30.2. The lowest BCUT2D eigenvalue weighted by atomic mass is 9.87. The summed E-state index contributed by atoms with van der Waals surface area (Å²) < 4.78 is 66.9. The number of hydrogen-bond donors (Lipinski definition) is 2. The van der Waals surface area contributed by atoms with E-state index >= 15 is 0 Å². The summed E-state index contributed by atoms with van der Waals surface area (Å²) in [6.07, 6.45) is 19.2. The molecule has 4 aromatic heterocycles. The van der Waals surface area contributed by atoms with Crippen LogP contribution in [-0.4, -0.2) is 161 Å². The van der Waals surface area contributed by atoms with Crippen LogP contribution < -0.4 is 18.9 Å². The number of Topliss-reactive ketones (excluding diaryl/α,β-unsaturated/α-hetero) is 3. The third-order valence-electron chi connectivity index (χ3n) is 23.4. The van der Waals surface area contributed by atoms with Crippen molar-refractivity contribution < 1.29 is 134 Å². The quantitative estimate of drug-likeness (QED) is 0.0265. The standard InChI is InChI=1S/C25H29ClO6S.C24H27ClO6S.C24H25ClO6S.C21H23ClO5S.2C4H8O2.C4H8O/c1-15-9-23(28)21(6-4-5-20-7-8-24(33-20)25(29)30-3)22(15)14-32-19-11-17(10-18(26)12-19)13-31-16(2)27;2*1-15(26)30-13-16-10-18(25)12-19(11-16)31-14-17-6-8-22(27)21(17)5-3-4-20-7-9-23(32-20)24(28)29-2;22-15-8-13(11-23)9-16(10-15)27-12-14-4-6-19(24)18(14)3-1-2-17-5-7-20(28-17)21(25)26;2*1-3-6-4(2)5;1-2-4-5-3-1/h7-8,10-12,15,21-22H,4-6,9,13-14H2,1-3H3;7,9-12,17,21H,3-6,8,13-14H2,1-2H3;6-12,17,21H,3-5,13-14H2,1-2H3;5,7-10,14,18,23H,1-4,6,11-12H2,(H,25,26);2*3H2,1-2H3;1-4H2/t15-,21-,22+;2*17-,21-;14-,18-;;;/m1111.../s1. The summed E-state index contributed by atoms with van der Waals surface area (Å²) in [4.78, 5) is 155. The molecular weight excluding hydrogens is 1990 g/mol. The summed E-state index contributed by atoms with van der Waals surface area (Å²) in [6, 6.07) is 35.5. The molecule has 3 saturated carbocycles. The molecule has 0 unspecified atom stereocenters. The second-order valence-electron chi connectivity index (χ2n) is 34.2. The molecule has 772 valence electrons. The molecule has 9 atom stereocenters. The fourth-order valence-electron chi connectivity index (χ4n) is 16.5. The van der Waals surface area contributed by atoms with Gasteiger partial charge in [0.15, 0.2) is 5.78 Å². The number of aliphatic hydroxyl groups is 1. The van der Waals surface area contributed by atoms with E-state index in [1.54, 1.807) is 117 Å². The van der Waals surface area contributed by atoms with E-state index in [1.807, 2.05) is 30.3 Å². The molecule has 4 aliphatic carbocycles. The molecule has 5 aliphatic rings. The van der Waals surface area contributed by atoms with E-state index in [4.69, 9.17) is 104 Å². The normalized spacial score (nSPS) is 17.9. The van der Waals surface area contributed by atoms with Crippen molar-refractivity contribution in [3.05, 3.63) is 215 Å². The molecule has 0 bridgehead atoms. The lowest BCUT2D eigenvalue weighted by molar-refractivity contribution is -0.143. The van der Waals surface area contributed by atoms with E-state index in [9.17, 15) is 67.4 Å². The molecule has 1 saturated heterocycles. The fourth-order valence-corrected chi connectivity index (χ4v) is 21.3. The van der Waals surface area contributed by atoms with Crippen molar-refractivity contribution in [3.63, 3.8) is 0 Å². The molecule has 1 aliphatic heterocycles. The molecule has 4 aromatic carbocycles. The third-order valence-corrected chi connectivity index (χ3v) is 28.8. The Kier molecular flexibility index (Phi) is 53.2. The van der Waals surface area contributed by atoms with Gasteiger partial charge in [0.2, 0.25) is 0 Å². The zero-order chi connectivity index (χ0) is 104. The second-order valence-corrected chi connectivity index (χ2v) is 40.6. The van der Waals surface area contributed by atoms with Crippen LogP contribution in [0.4, 0.5) is 0 Å². The first-order chi connectivity index (χ1) is 68.0. The average molecular weight is 2120 g/mol. The Morgan fingerprint density at radius 1 is 0.408 bits per heavy atom. The minimum absolute atomic E-state index is 0.0181. The van der Waals surface area contributed by atoms with E-state index in [2.05, 4.69) is 16.4 Å². The summed E-state index contributed by atoms with van der Waals surface area (Å²) in [7, 11) is 4.12. The SMILES string of the molecule is C1CCOC1.CCOC(C)=O.CCOC(C)=O.COC(=O)c1ccc(CCC[C@H]2C(=O)C=C[C@@H]2COc2cc(Cl)cc(COC(C)=O)c2)s1.COC(=O)c1ccc(CCC[C@H]2C(=O)CC[C@@H]2COc2cc(Cl)cc(COC(C)=O)c2)s1.COC(=O)c1ccc(CCC[C@H]2C(=O)C[C@@H](C)[C@@H]2COc2cc(Cl)cc(COC(C)=O)c2)s1.O=C(O)c1ccc(CCC[C@H]2C(=O)CC[C@@H]2COc2cc(Cl)cc(CO)c2)s1. The predicted molar refractivity (Wildman–Crippen MR) is 544 cm³/mol. The number of carbonyl (C=O) groups excluding carboxylic acids is 12. The largest absolute Gasteiger partial charge is 0.493 e.